The summed E-state index contributed by atoms with van der Waals surface area (Å²) in [6, 6.07) is 5.35. The van der Waals surface area contributed by atoms with Gasteiger partial charge in [0.05, 0.1) is 4.90 Å². The molecule has 1 aromatic rings. The van der Waals surface area contributed by atoms with Crippen LogP contribution < -0.4 is 4.90 Å². The van der Waals surface area contributed by atoms with Crippen molar-refractivity contribution in [1.29, 1.82) is 0 Å². The summed E-state index contributed by atoms with van der Waals surface area (Å²) in [6.45, 7) is 3.54. The van der Waals surface area contributed by atoms with E-state index in [1.807, 2.05) is 6.92 Å². The maximum Gasteiger partial charge on any atom is 0.243 e. The molecule has 1 fully saturated rings. The lowest BCUT2D eigenvalue weighted by Gasteiger charge is -2.30. The minimum absolute atomic E-state index is 0.00354. The fourth-order valence-corrected chi connectivity index (χ4v) is 5.52. The summed E-state index contributed by atoms with van der Waals surface area (Å²) in [4.78, 5) is 13.9. The van der Waals surface area contributed by atoms with Crippen LogP contribution >= 0.6 is 0 Å². The van der Waals surface area contributed by atoms with Gasteiger partial charge in [-0.1, -0.05) is 19.3 Å². The predicted octanol–water partition coefficient (Wildman–Crippen LogP) is 2.94. The van der Waals surface area contributed by atoms with Crippen LogP contribution in [0, 0.1) is 0 Å². The van der Waals surface area contributed by atoms with Crippen LogP contribution in [-0.4, -0.2) is 37.8 Å². The average molecular weight is 350 g/mol. The van der Waals surface area contributed by atoms with Crippen LogP contribution in [0.15, 0.2) is 23.1 Å². The Balaban J connectivity index is 1.90. The number of sulfonamides is 1. The Morgan fingerprint density at radius 2 is 1.88 bits per heavy atom. The molecule has 0 bridgehead atoms. The van der Waals surface area contributed by atoms with Crippen molar-refractivity contribution in [3.8, 4) is 0 Å². The van der Waals surface area contributed by atoms with Gasteiger partial charge in [0, 0.05) is 31.7 Å². The molecule has 0 unspecified atom stereocenters. The topological polar surface area (TPSA) is 57.7 Å². The van der Waals surface area contributed by atoms with Crippen LogP contribution in [0.3, 0.4) is 0 Å². The van der Waals surface area contributed by atoms with Crippen molar-refractivity contribution in [1.82, 2.24) is 4.31 Å². The second-order valence-corrected chi connectivity index (χ2v) is 9.04. The first kappa shape index (κ1) is 17.4. The van der Waals surface area contributed by atoms with Crippen LogP contribution in [0.5, 0.6) is 0 Å². The number of carbonyl (C=O) groups is 1. The van der Waals surface area contributed by atoms with Crippen LogP contribution in [-0.2, 0) is 21.2 Å². The predicted molar refractivity (Wildman–Crippen MR) is 94.6 cm³/mol. The van der Waals surface area contributed by atoms with Gasteiger partial charge in [-0.2, -0.15) is 4.31 Å². The Morgan fingerprint density at radius 3 is 2.50 bits per heavy atom. The van der Waals surface area contributed by atoms with Crippen LogP contribution in [0.1, 0.15) is 51.5 Å². The van der Waals surface area contributed by atoms with E-state index in [9.17, 15) is 13.2 Å². The largest absolute Gasteiger partial charge is 0.309 e. The molecule has 1 aromatic carbocycles. The van der Waals surface area contributed by atoms with Crippen LogP contribution in [0.25, 0.3) is 0 Å². The first-order chi connectivity index (χ1) is 11.3. The van der Waals surface area contributed by atoms with E-state index >= 15 is 0 Å². The van der Waals surface area contributed by atoms with Gasteiger partial charge in [0.1, 0.15) is 0 Å². The number of hydrogen-bond donors (Lipinski definition) is 0. The summed E-state index contributed by atoms with van der Waals surface area (Å²) >= 11 is 0. The first-order valence-electron chi connectivity index (χ1n) is 8.73. The van der Waals surface area contributed by atoms with E-state index in [-0.39, 0.29) is 18.0 Å². The summed E-state index contributed by atoms with van der Waals surface area (Å²) in [5.74, 6) is -0.00354. The molecule has 1 saturated carbocycles. The molecule has 1 aliphatic carbocycles. The van der Waals surface area contributed by atoms with E-state index in [4.69, 9.17) is 0 Å². The number of fused-ring (bicyclic) bond motifs is 1. The Kier molecular flexibility index (Phi) is 4.71. The zero-order valence-electron chi connectivity index (χ0n) is 14.7. The minimum atomic E-state index is -3.49. The molecule has 5 nitrogen and oxygen atoms in total. The number of benzene rings is 1. The molecule has 1 amide bonds. The third-order valence-electron chi connectivity index (χ3n) is 5.37. The lowest BCUT2D eigenvalue weighted by atomic mass is 9.96. The standard InChI is InChI=1S/C18H26N2O3S/c1-13-11-15-12-17(9-10-18(15)20(13)14(2)21)24(22,23)19(3)16-7-5-4-6-8-16/h9-10,12-13,16H,4-8,11H2,1-3H3/t13-/m0/s1. The minimum Gasteiger partial charge on any atom is -0.309 e. The van der Waals surface area contributed by atoms with E-state index in [1.165, 1.54) is 6.42 Å². The van der Waals surface area contributed by atoms with Gasteiger partial charge in [0.2, 0.25) is 15.9 Å². The second-order valence-electron chi connectivity index (χ2n) is 7.05. The van der Waals surface area contributed by atoms with Gasteiger partial charge in [-0.25, -0.2) is 8.42 Å². The number of amides is 1. The third kappa shape index (κ3) is 2.97. The average Bonchev–Trinajstić information content (AvgIpc) is 2.89. The maximum atomic E-state index is 13.0. The molecule has 0 N–H and O–H groups in total. The number of hydrogen-bond acceptors (Lipinski definition) is 3. The molecule has 0 saturated heterocycles. The van der Waals surface area contributed by atoms with Gasteiger partial charge in [-0.3, -0.25) is 4.79 Å². The van der Waals surface area contributed by atoms with E-state index in [2.05, 4.69) is 0 Å². The fraction of sp³-hybridized carbons (Fsp3) is 0.611. The zero-order valence-corrected chi connectivity index (χ0v) is 15.5. The molecule has 0 aromatic heterocycles. The summed E-state index contributed by atoms with van der Waals surface area (Å²) in [5.41, 5.74) is 1.78. The Labute approximate surface area is 144 Å². The number of carbonyl (C=O) groups excluding carboxylic acids is 1. The monoisotopic (exact) mass is 350 g/mol. The molecule has 132 valence electrons. The lowest BCUT2D eigenvalue weighted by Crippen LogP contribution is -2.38. The van der Waals surface area contributed by atoms with E-state index in [1.54, 1.807) is 41.4 Å². The molecular formula is C18H26N2O3S. The molecule has 2 aliphatic rings. The summed E-state index contributed by atoms with van der Waals surface area (Å²) < 4.78 is 27.5. The lowest BCUT2D eigenvalue weighted by molar-refractivity contribution is -0.116. The van der Waals surface area contributed by atoms with Crippen molar-refractivity contribution in [2.45, 2.75) is 69.4 Å². The van der Waals surface area contributed by atoms with Crippen LogP contribution in [0.4, 0.5) is 5.69 Å². The summed E-state index contributed by atoms with van der Waals surface area (Å²) in [5, 5.41) is 0. The molecule has 1 heterocycles. The molecular weight excluding hydrogens is 324 g/mol. The van der Waals surface area contributed by atoms with E-state index < -0.39 is 10.0 Å². The van der Waals surface area contributed by atoms with Gasteiger partial charge in [0.15, 0.2) is 0 Å². The van der Waals surface area contributed by atoms with Gasteiger partial charge in [-0.15, -0.1) is 0 Å². The Hall–Kier alpha value is -1.40. The summed E-state index contributed by atoms with van der Waals surface area (Å²) in [7, 11) is -1.79. The van der Waals surface area contributed by atoms with Gasteiger partial charge < -0.3 is 4.90 Å². The van der Waals surface area contributed by atoms with Crippen molar-refractivity contribution >= 4 is 21.6 Å². The highest BCUT2D eigenvalue weighted by atomic mass is 32.2. The Morgan fingerprint density at radius 1 is 1.21 bits per heavy atom. The molecule has 3 rings (SSSR count). The highest BCUT2D eigenvalue weighted by Crippen LogP contribution is 2.35. The van der Waals surface area contributed by atoms with Crippen molar-refractivity contribution < 1.29 is 13.2 Å². The summed E-state index contributed by atoms with van der Waals surface area (Å²) in [6.07, 6.45) is 5.97. The quantitative estimate of drug-likeness (QED) is 0.842. The van der Waals surface area contributed by atoms with Crippen LogP contribution in [0.2, 0.25) is 0 Å². The highest BCUT2D eigenvalue weighted by molar-refractivity contribution is 7.89. The van der Waals surface area contributed by atoms with Crippen molar-refractivity contribution in [2.75, 3.05) is 11.9 Å². The van der Waals surface area contributed by atoms with Crippen molar-refractivity contribution in [2.24, 2.45) is 0 Å². The molecule has 1 atom stereocenters. The van der Waals surface area contributed by atoms with Crippen molar-refractivity contribution in [3.63, 3.8) is 0 Å². The molecule has 0 radical (unpaired) electrons. The molecule has 1 aliphatic heterocycles. The number of anilines is 1. The normalized spacial score (nSPS) is 22.0. The van der Waals surface area contributed by atoms with E-state index in [0.29, 0.717) is 11.3 Å². The molecule has 0 spiro atoms. The van der Waals surface area contributed by atoms with E-state index in [0.717, 1.165) is 36.9 Å². The smallest absolute Gasteiger partial charge is 0.243 e. The first-order valence-corrected chi connectivity index (χ1v) is 10.2. The molecule has 6 heteroatoms. The second kappa shape index (κ2) is 6.48. The molecule has 24 heavy (non-hydrogen) atoms. The number of nitrogens with zero attached hydrogens (tertiary/aromatic N) is 2. The number of rotatable bonds is 3. The van der Waals surface area contributed by atoms with Gasteiger partial charge in [0.25, 0.3) is 0 Å². The van der Waals surface area contributed by atoms with Crippen molar-refractivity contribution in [3.05, 3.63) is 23.8 Å². The Bertz CT molecular complexity index is 739. The highest BCUT2D eigenvalue weighted by Gasteiger charge is 2.33. The SMILES string of the molecule is CC(=O)N1c2ccc(S(=O)(=O)N(C)C3CCCCC3)cc2C[C@@H]1C. The third-order valence-corrected chi connectivity index (χ3v) is 7.28. The fourth-order valence-electron chi connectivity index (χ4n) is 4.05. The zero-order chi connectivity index (χ0) is 17.5. The maximum absolute atomic E-state index is 13.0. The van der Waals surface area contributed by atoms with Gasteiger partial charge >= 0.3 is 0 Å². The van der Waals surface area contributed by atoms with Gasteiger partial charge in [-0.05, 0) is 49.9 Å².